The second-order valence-electron chi connectivity index (χ2n) is 9.33. The Labute approximate surface area is 207 Å². The largest absolute Gasteiger partial charge is 0.393 e. The predicted molar refractivity (Wildman–Crippen MR) is 134 cm³/mol. The molecule has 1 saturated carbocycles. The average molecular weight is 509 g/mol. The molecule has 0 atom stereocenters. The van der Waals surface area contributed by atoms with E-state index in [2.05, 4.69) is 5.32 Å². The molecule has 1 aliphatic heterocycles. The number of nitrogens with one attached hydrogen (secondary N) is 1. The number of aromatic nitrogens is 3. The lowest BCUT2D eigenvalue weighted by molar-refractivity contribution is -0.127. The number of anilines is 2. The highest BCUT2D eigenvalue weighted by molar-refractivity contribution is 5.91. The predicted octanol–water partition coefficient (Wildman–Crippen LogP) is 3.45. The van der Waals surface area contributed by atoms with Crippen LogP contribution >= 0.6 is 0 Å². The number of fused-ring (bicyclic) bond motifs is 1. The Kier molecular flexibility index (Phi) is 5.25. The quantitative estimate of drug-likeness (QED) is 0.403. The summed E-state index contributed by atoms with van der Waals surface area (Å²) < 4.78 is 42.3. The standard InChI is InChI=1S/C26H22F3N5O3/c27-26(28,29)15-16-6-8-17(9-7-16)30-20-14-21(35)34(31-12-13-31)23-22(20)24(36)33(19-10-11-19)25(37)32(23)18-4-2-1-3-5-18/h1-9,14,19,30H,10-13,15H2. The van der Waals surface area contributed by atoms with Crippen molar-refractivity contribution in [2.75, 3.05) is 23.4 Å². The van der Waals surface area contributed by atoms with Gasteiger partial charge in [-0.1, -0.05) is 30.3 Å². The highest BCUT2D eigenvalue weighted by atomic mass is 19.4. The fraction of sp³-hybridized carbons (Fsp3) is 0.269. The molecule has 0 bridgehead atoms. The minimum absolute atomic E-state index is 0.0915. The van der Waals surface area contributed by atoms with Gasteiger partial charge in [0.05, 0.1) is 30.9 Å². The van der Waals surface area contributed by atoms with Gasteiger partial charge in [-0.2, -0.15) is 13.2 Å². The fourth-order valence-corrected chi connectivity index (χ4v) is 4.58. The van der Waals surface area contributed by atoms with Gasteiger partial charge in [0.25, 0.3) is 11.1 Å². The first-order chi connectivity index (χ1) is 17.7. The van der Waals surface area contributed by atoms with Crippen LogP contribution in [0.4, 0.5) is 24.5 Å². The maximum atomic E-state index is 13.8. The van der Waals surface area contributed by atoms with Crippen molar-refractivity contribution in [1.29, 1.82) is 0 Å². The molecule has 2 aliphatic rings. The van der Waals surface area contributed by atoms with Crippen molar-refractivity contribution in [3.8, 4) is 5.69 Å². The third-order valence-corrected chi connectivity index (χ3v) is 6.48. The summed E-state index contributed by atoms with van der Waals surface area (Å²) in [6.45, 7) is 1.19. The van der Waals surface area contributed by atoms with Crippen molar-refractivity contribution >= 4 is 22.4 Å². The van der Waals surface area contributed by atoms with E-state index in [-0.39, 0.29) is 28.3 Å². The van der Waals surface area contributed by atoms with Crippen molar-refractivity contribution in [2.24, 2.45) is 0 Å². The maximum Gasteiger partial charge on any atom is 0.393 e. The lowest BCUT2D eigenvalue weighted by atomic mass is 10.1. The third-order valence-electron chi connectivity index (χ3n) is 6.48. The topological polar surface area (TPSA) is 81.0 Å². The zero-order valence-electron chi connectivity index (χ0n) is 19.5. The Balaban J connectivity index is 1.60. The second-order valence-corrected chi connectivity index (χ2v) is 9.33. The summed E-state index contributed by atoms with van der Waals surface area (Å²) in [5.74, 6) is 0. The van der Waals surface area contributed by atoms with Gasteiger partial charge in [0.15, 0.2) is 5.65 Å². The second kappa shape index (κ2) is 8.39. The van der Waals surface area contributed by atoms with Gasteiger partial charge < -0.3 is 10.3 Å². The van der Waals surface area contributed by atoms with E-state index in [1.807, 2.05) is 0 Å². The van der Waals surface area contributed by atoms with E-state index in [4.69, 9.17) is 0 Å². The molecule has 0 spiro atoms. The van der Waals surface area contributed by atoms with Gasteiger partial charge in [0.2, 0.25) is 0 Å². The summed E-state index contributed by atoms with van der Waals surface area (Å²) in [5.41, 5.74) is -0.120. The number of hydrogen-bond donors (Lipinski definition) is 1. The van der Waals surface area contributed by atoms with E-state index in [0.717, 1.165) is 0 Å². The molecular formula is C26H22F3N5O3. The molecule has 3 heterocycles. The van der Waals surface area contributed by atoms with Gasteiger partial charge >= 0.3 is 11.9 Å². The van der Waals surface area contributed by atoms with Crippen molar-refractivity contribution < 1.29 is 13.2 Å². The van der Waals surface area contributed by atoms with E-state index in [1.165, 1.54) is 44.1 Å². The Bertz CT molecular complexity index is 1680. The van der Waals surface area contributed by atoms with Crippen LogP contribution in [-0.2, 0) is 6.42 Å². The summed E-state index contributed by atoms with van der Waals surface area (Å²) in [6, 6.07) is 15.5. The number of nitrogens with zero attached hydrogens (tertiary/aromatic N) is 4. The SMILES string of the molecule is O=c1c2c(Nc3ccc(CC(F)(F)F)cc3)cc(=O)n(N3CC3)c2n(-c2ccccc2)c(=O)n1C1CC1. The minimum atomic E-state index is -4.33. The van der Waals surface area contributed by atoms with E-state index >= 15 is 0 Å². The molecule has 0 radical (unpaired) electrons. The minimum Gasteiger partial charge on any atom is -0.355 e. The zero-order chi connectivity index (χ0) is 25.9. The van der Waals surface area contributed by atoms with Gasteiger partial charge in [-0.05, 0) is 42.7 Å². The van der Waals surface area contributed by atoms with Crippen LogP contribution in [0.1, 0.15) is 24.4 Å². The van der Waals surface area contributed by atoms with Crippen LogP contribution in [0.15, 0.2) is 75.0 Å². The highest BCUT2D eigenvalue weighted by Gasteiger charge is 2.33. The van der Waals surface area contributed by atoms with E-state index in [1.54, 1.807) is 35.3 Å². The Morgan fingerprint density at radius 2 is 1.59 bits per heavy atom. The van der Waals surface area contributed by atoms with Crippen LogP contribution in [0.2, 0.25) is 0 Å². The van der Waals surface area contributed by atoms with E-state index in [0.29, 0.717) is 37.3 Å². The van der Waals surface area contributed by atoms with Crippen molar-refractivity contribution in [1.82, 2.24) is 13.8 Å². The lowest BCUT2D eigenvalue weighted by Gasteiger charge is -2.21. The highest BCUT2D eigenvalue weighted by Crippen LogP contribution is 2.34. The molecule has 8 nitrogen and oxygen atoms in total. The van der Waals surface area contributed by atoms with Crippen LogP contribution in [0, 0.1) is 0 Å². The fourth-order valence-electron chi connectivity index (χ4n) is 4.58. The third kappa shape index (κ3) is 4.30. The smallest absolute Gasteiger partial charge is 0.355 e. The van der Waals surface area contributed by atoms with Crippen molar-refractivity contribution in [2.45, 2.75) is 31.5 Å². The number of alkyl halides is 3. The number of hydrogen-bond acceptors (Lipinski definition) is 5. The molecule has 0 unspecified atom stereocenters. The molecule has 1 saturated heterocycles. The van der Waals surface area contributed by atoms with Gasteiger partial charge in [0, 0.05) is 17.8 Å². The molecule has 2 fully saturated rings. The van der Waals surface area contributed by atoms with Crippen LogP contribution in [-0.4, -0.2) is 33.1 Å². The van der Waals surface area contributed by atoms with Crippen LogP contribution < -0.4 is 27.1 Å². The van der Waals surface area contributed by atoms with E-state index < -0.39 is 29.4 Å². The van der Waals surface area contributed by atoms with Gasteiger partial charge in [-0.3, -0.25) is 14.2 Å². The number of para-hydroxylation sites is 1. The molecule has 1 aliphatic carbocycles. The average Bonchev–Trinajstić information content (AvgIpc) is 3.75. The zero-order valence-corrected chi connectivity index (χ0v) is 19.5. The van der Waals surface area contributed by atoms with Crippen LogP contribution in [0.5, 0.6) is 0 Å². The summed E-state index contributed by atoms with van der Waals surface area (Å²) in [7, 11) is 0. The molecule has 4 aromatic rings. The number of rotatable bonds is 6. The molecular weight excluding hydrogens is 487 g/mol. The molecule has 190 valence electrons. The lowest BCUT2D eigenvalue weighted by Crippen LogP contribution is -2.43. The van der Waals surface area contributed by atoms with E-state index in [9.17, 15) is 27.6 Å². The summed E-state index contributed by atoms with van der Waals surface area (Å²) in [5, 5.41) is 4.94. The maximum absolute atomic E-state index is 13.8. The molecule has 0 amide bonds. The van der Waals surface area contributed by atoms with Crippen molar-refractivity contribution in [3.05, 3.63) is 97.4 Å². The molecule has 2 aromatic heterocycles. The monoisotopic (exact) mass is 509 g/mol. The molecule has 2 aromatic carbocycles. The molecule has 1 N–H and O–H groups in total. The number of benzene rings is 2. The molecule has 11 heteroatoms. The first-order valence-electron chi connectivity index (χ1n) is 11.9. The Hall–Kier alpha value is -4.28. The van der Waals surface area contributed by atoms with Crippen LogP contribution in [0.25, 0.3) is 16.7 Å². The van der Waals surface area contributed by atoms with Gasteiger partial charge in [-0.25, -0.2) is 14.0 Å². The first kappa shape index (κ1) is 23.1. The summed E-state index contributed by atoms with van der Waals surface area (Å²) >= 11 is 0. The normalized spacial score (nSPS) is 15.3. The Morgan fingerprint density at radius 3 is 2.19 bits per heavy atom. The first-order valence-corrected chi connectivity index (χ1v) is 11.9. The van der Waals surface area contributed by atoms with Gasteiger partial charge in [0.1, 0.15) is 5.39 Å². The Morgan fingerprint density at radius 1 is 0.919 bits per heavy atom. The summed E-state index contributed by atoms with van der Waals surface area (Å²) in [6.07, 6.45) is -3.99. The van der Waals surface area contributed by atoms with Crippen molar-refractivity contribution in [3.63, 3.8) is 0 Å². The van der Waals surface area contributed by atoms with Gasteiger partial charge in [-0.15, -0.1) is 0 Å². The molecule has 37 heavy (non-hydrogen) atoms. The summed E-state index contributed by atoms with van der Waals surface area (Å²) in [4.78, 5) is 40.8. The molecule has 6 rings (SSSR count). The van der Waals surface area contributed by atoms with Crippen LogP contribution in [0.3, 0.4) is 0 Å². The number of halogens is 3. The number of pyridine rings is 1.